The second-order valence-corrected chi connectivity index (χ2v) is 4.58. The maximum atomic E-state index is 13.1. The summed E-state index contributed by atoms with van der Waals surface area (Å²) < 4.78 is 14.9. The van der Waals surface area contributed by atoms with Crippen LogP contribution in [0.25, 0.3) is 5.69 Å². The lowest BCUT2D eigenvalue weighted by molar-refractivity contribution is 0.627. The van der Waals surface area contributed by atoms with Gasteiger partial charge < -0.3 is 4.57 Å². The molecular weight excluding hydrogens is 276 g/mol. The van der Waals surface area contributed by atoms with E-state index >= 15 is 0 Å². The summed E-state index contributed by atoms with van der Waals surface area (Å²) in [5, 5.41) is 0.0398. The van der Waals surface area contributed by atoms with Crippen LogP contribution in [0.15, 0.2) is 35.3 Å². The number of pyridine rings is 1. The third kappa shape index (κ3) is 2.42. The van der Waals surface area contributed by atoms with Crippen LogP contribution in [0.5, 0.6) is 0 Å². The third-order valence-electron chi connectivity index (χ3n) is 2.65. The van der Waals surface area contributed by atoms with E-state index in [1.165, 1.54) is 18.2 Å². The first kappa shape index (κ1) is 13.1. The number of nitrogens with zero attached hydrogens (tertiary/aromatic N) is 1. The largest absolute Gasteiger partial charge is 0.321 e. The summed E-state index contributed by atoms with van der Waals surface area (Å²) in [6, 6.07) is 5.88. The summed E-state index contributed by atoms with van der Waals surface area (Å²) in [7, 11) is 0. The molecule has 0 amide bonds. The molecule has 0 unspecified atom stereocenters. The monoisotopic (exact) mass is 285 g/mol. The SMILES string of the molecule is Cc1cc(=O)c(CCl)cn1-c1ccc(F)c(Cl)c1. The van der Waals surface area contributed by atoms with Gasteiger partial charge in [0.15, 0.2) is 5.43 Å². The molecule has 2 aromatic rings. The van der Waals surface area contributed by atoms with Crippen molar-refractivity contribution < 1.29 is 4.39 Å². The molecule has 0 saturated carbocycles. The Kier molecular flexibility index (Phi) is 3.73. The number of alkyl halides is 1. The van der Waals surface area contributed by atoms with E-state index in [0.29, 0.717) is 11.3 Å². The average Bonchev–Trinajstić information content (AvgIpc) is 2.33. The van der Waals surface area contributed by atoms with E-state index in [1.54, 1.807) is 23.8 Å². The van der Waals surface area contributed by atoms with Gasteiger partial charge in [0.25, 0.3) is 0 Å². The standard InChI is InChI=1S/C13H10Cl2FNO/c1-8-4-13(18)9(6-14)7-17(8)10-2-3-12(16)11(15)5-10/h2-5,7H,6H2,1H3. The summed E-state index contributed by atoms with van der Waals surface area (Å²) in [6.45, 7) is 1.79. The molecule has 0 bridgehead atoms. The Morgan fingerprint density at radius 2 is 2.06 bits per heavy atom. The van der Waals surface area contributed by atoms with E-state index in [-0.39, 0.29) is 16.3 Å². The fourth-order valence-electron chi connectivity index (χ4n) is 1.69. The highest BCUT2D eigenvalue weighted by atomic mass is 35.5. The van der Waals surface area contributed by atoms with Crippen molar-refractivity contribution in [1.29, 1.82) is 0 Å². The molecule has 1 aromatic carbocycles. The van der Waals surface area contributed by atoms with Gasteiger partial charge in [0, 0.05) is 29.2 Å². The van der Waals surface area contributed by atoms with Crippen LogP contribution >= 0.6 is 23.2 Å². The van der Waals surface area contributed by atoms with Crippen LogP contribution in [0.4, 0.5) is 4.39 Å². The molecular formula is C13H10Cl2FNO. The lowest BCUT2D eigenvalue weighted by Crippen LogP contribution is -2.13. The first-order chi connectivity index (χ1) is 8.52. The molecule has 18 heavy (non-hydrogen) atoms. The van der Waals surface area contributed by atoms with Crippen molar-refractivity contribution in [1.82, 2.24) is 4.57 Å². The molecule has 0 aliphatic heterocycles. The quantitative estimate of drug-likeness (QED) is 0.772. The van der Waals surface area contributed by atoms with E-state index in [0.717, 1.165) is 5.69 Å². The van der Waals surface area contributed by atoms with Crippen molar-refractivity contribution in [2.75, 3.05) is 0 Å². The molecule has 0 radical (unpaired) electrons. The zero-order valence-electron chi connectivity index (χ0n) is 9.58. The van der Waals surface area contributed by atoms with E-state index in [9.17, 15) is 9.18 Å². The zero-order valence-corrected chi connectivity index (χ0v) is 11.1. The molecule has 0 N–H and O–H groups in total. The molecule has 1 heterocycles. The van der Waals surface area contributed by atoms with Crippen molar-refractivity contribution in [3.8, 4) is 5.69 Å². The van der Waals surface area contributed by atoms with Crippen molar-refractivity contribution in [3.63, 3.8) is 0 Å². The number of hydrogen-bond donors (Lipinski definition) is 0. The number of aryl methyl sites for hydroxylation is 1. The molecule has 2 nitrogen and oxygen atoms in total. The molecule has 94 valence electrons. The van der Waals surface area contributed by atoms with Gasteiger partial charge in [0.1, 0.15) is 5.82 Å². The van der Waals surface area contributed by atoms with Gasteiger partial charge in [-0.05, 0) is 25.1 Å². The summed E-state index contributed by atoms with van der Waals surface area (Å²) in [6.07, 6.45) is 1.65. The van der Waals surface area contributed by atoms with Gasteiger partial charge in [-0.1, -0.05) is 11.6 Å². The number of halogens is 3. The summed E-state index contributed by atoms with van der Waals surface area (Å²) >= 11 is 11.4. The highest BCUT2D eigenvalue weighted by Crippen LogP contribution is 2.20. The third-order valence-corrected chi connectivity index (χ3v) is 3.22. The van der Waals surface area contributed by atoms with Gasteiger partial charge in [-0.15, -0.1) is 11.6 Å². The van der Waals surface area contributed by atoms with Gasteiger partial charge in [-0.2, -0.15) is 0 Å². The van der Waals surface area contributed by atoms with E-state index in [4.69, 9.17) is 23.2 Å². The Hall–Kier alpha value is -1.32. The minimum absolute atomic E-state index is 0.0398. The second kappa shape index (κ2) is 5.12. The molecule has 0 aliphatic carbocycles. The van der Waals surface area contributed by atoms with Gasteiger partial charge in [-0.3, -0.25) is 4.79 Å². The number of hydrogen-bond acceptors (Lipinski definition) is 1. The maximum absolute atomic E-state index is 13.1. The van der Waals surface area contributed by atoms with Crippen LogP contribution in [-0.4, -0.2) is 4.57 Å². The predicted molar refractivity (Wildman–Crippen MR) is 71.3 cm³/mol. The predicted octanol–water partition coefficient (Wildman–Crippen LogP) is 3.68. The Morgan fingerprint density at radius 1 is 1.33 bits per heavy atom. The van der Waals surface area contributed by atoms with Gasteiger partial charge >= 0.3 is 0 Å². The number of aromatic nitrogens is 1. The molecule has 2 rings (SSSR count). The van der Waals surface area contributed by atoms with Crippen molar-refractivity contribution in [3.05, 3.63) is 62.8 Å². The molecule has 0 spiro atoms. The van der Waals surface area contributed by atoms with Gasteiger partial charge in [0.05, 0.1) is 10.9 Å². The minimum Gasteiger partial charge on any atom is -0.321 e. The Bertz CT molecular complexity index is 652. The lowest BCUT2D eigenvalue weighted by atomic mass is 10.2. The Morgan fingerprint density at radius 3 is 2.67 bits per heavy atom. The van der Waals surface area contributed by atoms with Crippen molar-refractivity contribution in [2.45, 2.75) is 12.8 Å². The highest BCUT2D eigenvalue weighted by molar-refractivity contribution is 6.30. The second-order valence-electron chi connectivity index (χ2n) is 3.91. The summed E-state index contributed by atoms with van der Waals surface area (Å²) in [5.41, 5.74) is 1.80. The van der Waals surface area contributed by atoms with E-state index in [2.05, 4.69) is 0 Å². The first-order valence-corrected chi connectivity index (χ1v) is 6.17. The fraction of sp³-hybridized carbons (Fsp3) is 0.154. The van der Waals surface area contributed by atoms with Crippen LogP contribution in [0.2, 0.25) is 5.02 Å². The van der Waals surface area contributed by atoms with Crippen LogP contribution in [0.3, 0.4) is 0 Å². The summed E-state index contributed by atoms with van der Waals surface area (Å²) in [4.78, 5) is 11.6. The van der Waals surface area contributed by atoms with Crippen LogP contribution in [-0.2, 0) is 5.88 Å². The Labute approximate surface area is 114 Å². The highest BCUT2D eigenvalue weighted by Gasteiger charge is 2.07. The molecule has 1 aromatic heterocycles. The molecule has 0 atom stereocenters. The van der Waals surface area contributed by atoms with Gasteiger partial charge in [0.2, 0.25) is 0 Å². The fourth-order valence-corrected chi connectivity index (χ4v) is 2.06. The van der Waals surface area contributed by atoms with Gasteiger partial charge in [-0.25, -0.2) is 4.39 Å². The lowest BCUT2D eigenvalue weighted by Gasteiger charge is -2.12. The van der Waals surface area contributed by atoms with E-state index < -0.39 is 5.82 Å². The molecule has 5 heteroatoms. The van der Waals surface area contributed by atoms with Crippen molar-refractivity contribution >= 4 is 23.2 Å². The van der Waals surface area contributed by atoms with Crippen LogP contribution in [0.1, 0.15) is 11.3 Å². The zero-order chi connectivity index (χ0) is 13.3. The van der Waals surface area contributed by atoms with Crippen molar-refractivity contribution in [2.24, 2.45) is 0 Å². The molecule has 0 fully saturated rings. The smallest absolute Gasteiger partial charge is 0.186 e. The van der Waals surface area contributed by atoms with Crippen LogP contribution < -0.4 is 5.43 Å². The first-order valence-electron chi connectivity index (χ1n) is 5.26. The average molecular weight is 286 g/mol. The van der Waals surface area contributed by atoms with E-state index in [1.807, 2.05) is 0 Å². The Balaban J connectivity index is 2.63. The minimum atomic E-state index is -0.475. The van der Waals surface area contributed by atoms with Crippen LogP contribution in [0, 0.1) is 12.7 Å². The summed E-state index contributed by atoms with van der Waals surface area (Å²) in [5.74, 6) is -0.342. The number of rotatable bonds is 2. The topological polar surface area (TPSA) is 22.0 Å². The molecule has 0 aliphatic rings. The number of benzene rings is 1. The molecule has 0 saturated heterocycles. The maximum Gasteiger partial charge on any atom is 0.186 e. The normalized spacial score (nSPS) is 10.7.